The molecule has 0 spiro atoms. The number of hydrogen-bond acceptors (Lipinski definition) is 4. The first-order valence-corrected chi connectivity index (χ1v) is 7.23. The molecule has 0 fully saturated rings. The van der Waals surface area contributed by atoms with Crippen LogP contribution in [0.4, 0.5) is 0 Å². The van der Waals surface area contributed by atoms with Crippen LogP contribution >= 0.6 is 7.60 Å². The first kappa shape index (κ1) is 13.6. The smallest absolute Gasteiger partial charge is 0.312 e. The molecule has 0 amide bonds. The van der Waals surface area contributed by atoms with Gasteiger partial charge in [-0.25, -0.2) is 0 Å². The van der Waals surface area contributed by atoms with Crippen LogP contribution in [0.2, 0.25) is 0 Å². The van der Waals surface area contributed by atoms with E-state index < -0.39 is 7.60 Å². The molecule has 5 heteroatoms. The van der Waals surface area contributed by atoms with Gasteiger partial charge in [0.1, 0.15) is 0 Å². The van der Waals surface area contributed by atoms with E-state index in [1.54, 1.807) is 0 Å². The van der Waals surface area contributed by atoms with Gasteiger partial charge in [-0.3, -0.25) is 9.36 Å². The van der Waals surface area contributed by atoms with Crippen LogP contribution in [0.15, 0.2) is 11.1 Å². The molecule has 0 saturated heterocycles. The van der Waals surface area contributed by atoms with Gasteiger partial charge in [-0.1, -0.05) is 12.5 Å². The number of ketones is 1. The second-order valence-electron chi connectivity index (χ2n) is 3.85. The highest BCUT2D eigenvalue weighted by molar-refractivity contribution is 7.54. The van der Waals surface area contributed by atoms with Gasteiger partial charge in [0.15, 0.2) is 5.78 Å². The molecule has 16 heavy (non-hydrogen) atoms. The number of carbonyl (C=O) groups is 1. The number of allylic oxidation sites excluding steroid dienone is 2. The molecule has 0 N–H and O–H groups in total. The van der Waals surface area contributed by atoms with Crippen LogP contribution in [0.3, 0.4) is 0 Å². The Hall–Kier alpha value is -0.440. The van der Waals surface area contributed by atoms with Gasteiger partial charge >= 0.3 is 7.60 Å². The van der Waals surface area contributed by atoms with Crippen molar-refractivity contribution < 1.29 is 18.4 Å². The lowest BCUT2D eigenvalue weighted by molar-refractivity contribution is -0.116. The highest BCUT2D eigenvalue weighted by Crippen LogP contribution is 2.49. The molecule has 0 aromatic carbocycles. The quantitative estimate of drug-likeness (QED) is 0.700. The van der Waals surface area contributed by atoms with Crippen molar-refractivity contribution in [1.29, 1.82) is 0 Å². The lowest BCUT2D eigenvalue weighted by Gasteiger charge is -2.21. The summed E-state index contributed by atoms with van der Waals surface area (Å²) in [6.45, 7) is 1.95. The summed E-state index contributed by atoms with van der Waals surface area (Å²) in [7, 11) is -0.285. The normalized spacial score (nSPS) is 18.1. The summed E-state index contributed by atoms with van der Waals surface area (Å²) < 4.78 is 21.8. The van der Waals surface area contributed by atoms with Crippen LogP contribution in [0, 0.1) is 0 Å². The fourth-order valence-electron chi connectivity index (χ4n) is 2.02. The molecule has 92 valence electrons. The molecule has 0 aromatic heterocycles. The third-order valence-corrected chi connectivity index (χ3v) is 4.82. The zero-order valence-corrected chi connectivity index (χ0v) is 11.0. The van der Waals surface area contributed by atoms with Gasteiger partial charge < -0.3 is 9.05 Å². The largest absolute Gasteiger partial charge is 0.334 e. The van der Waals surface area contributed by atoms with Crippen LogP contribution in [0.25, 0.3) is 0 Å². The second-order valence-corrected chi connectivity index (χ2v) is 6.11. The van der Waals surface area contributed by atoms with Crippen molar-refractivity contribution in [3.05, 3.63) is 11.1 Å². The van der Waals surface area contributed by atoms with E-state index in [4.69, 9.17) is 9.05 Å². The van der Waals surface area contributed by atoms with Crippen molar-refractivity contribution in [2.75, 3.05) is 20.4 Å². The standard InChI is InChI=1S/C11H19O4P/c1-4-10-9(6-5-7-11(10)12)8-16(13,14-2)15-3/h4-8H2,1-3H3. The van der Waals surface area contributed by atoms with Crippen molar-refractivity contribution in [2.45, 2.75) is 32.6 Å². The average molecular weight is 246 g/mol. The van der Waals surface area contributed by atoms with Crippen molar-refractivity contribution in [3.8, 4) is 0 Å². The summed E-state index contributed by atoms with van der Waals surface area (Å²) in [5.74, 6) is 0.183. The number of rotatable bonds is 5. The number of hydrogen-bond donors (Lipinski definition) is 0. The van der Waals surface area contributed by atoms with Gasteiger partial charge in [0.2, 0.25) is 0 Å². The zero-order chi connectivity index (χ0) is 12.2. The van der Waals surface area contributed by atoms with Gasteiger partial charge in [-0.15, -0.1) is 0 Å². The van der Waals surface area contributed by atoms with Crippen LogP contribution in [0.1, 0.15) is 32.6 Å². The Kier molecular flexibility index (Phi) is 4.90. The zero-order valence-electron chi connectivity index (χ0n) is 10.1. The van der Waals surface area contributed by atoms with E-state index in [-0.39, 0.29) is 11.9 Å². The molecule has 0 bridgehead atoms. The maximum Gasteiger partial charge on any atom is 0.334 e. The number of Topliss-reactive ketones (excluding diaryl/α,β-unsaturated/α-hetero) is 1. The fraction of sp³-hybridized carbons (Fsp3) is 0.727. The average Bonchev–Trinajstić information content (AvgIpc) is 2.29. The molecule has 1 aliphatic carbocycles. The van der Waals surface area contributed by atoms with E-state index in [1.165, 1.54) is 14.2 Å². The Balaban J connectivity index is 2.93. The third kappa shape index (κ3) is 3.03. The number of carbonyl (C=O) groups excluding carboxylic acids is 1. The lowest BCUT2D eigenvalue weighted by Crippen LogP contribution is -2.14. The van der Waals surface area contributed by atoms with Gasteiger partial charge in [-0.2, -0.15) is 0 Å². The van der Waals surface area contributed by atoms with Crippen molar-refractivity contribution in [3.63, 3.8) is 0 Å². The predicted octanol–water partition coefficient (Wildman–Crippen LogP) is 2.93. The van der Waals surface area contributed by atoms with E-state index in [0.29, 0.717) is 12.8 Å². The third-order valence-electron chi connectivity index (χ3n) is 2.94. The lowest BCUT2D eigenvalue weighted by atomic mass is 9.90. The Morgan fingerprint density at radius 1 is 1.25 bits per heavy atom. The van der Waals surface area contributed by atoms with Crippen molar-refractivity contribution >= 4 is 13.4 Å². The van der Waals surface area contributed by atoms with Crippen LogP contribution in [0.5, 0.6) is 0 Å². The van der Waals surface area contributed by atoms with E-state index in [2.05, 4.69) is 0 Å². The molecule has 0 radical (unpaired) electrons. The van der Waals surface area contributed by atoms with Crippen LogP contribution in [-0.4, -0.2) is 26.2 Å². The van der Waals surface area contributed by atoms with E-state index >= 15 is 0 Å². The fourth-order valence-corrected chi connectivity index (χ4v) is 3.24. The molecule has 0 unspecified atom stereocenters. The van der Waals surface area contributed by atoms with E-state index in [0.717, 1.165) is 24.0 Å². The molecule has 0 aliphatic heterocycles. The van der Waals surface area contributed by atoms with Crippen LogP contribution in [-0.2, 0) is 18.4 Å². The molecule has 1 rings (SSSR count). The summed E-state index contributed by atoms with van der Waals surface area (Å²) in [5.41, 5.74) is 1.77. The summed E-state index contributed by atoms with van der Waals surface area (Å²) >= 11 is 0. The Labute approximate surface area is 96.5 Å². The van der Waals surface area contributed by atoms with Crippen molar-refractivity contribution in [2.24, 2.45) is 0 Å². The van der Waals surface area contributed by atoms with Crippen molar-refractivity contribution in [1.82, 2.24) is 0 Å². The van der Waals surface area contributed by atoms with E-state index in [1.807, 2.05) is 6.92 Å². The second kappa shape index (κ2) is 5.76. The maximum atomic E-state index is 12.0. The molecule has 0 heterocycles. The molecule has 1 aliphatic rings. The van der Waals surface area contributed by atoms with Gasteiger partial charge in [-0.05, 0) is 24.8 Å². The minimum absolute atomic E-state index is 0.183. The summed E-state index contributed by atoms with van der Waals surface area (Å²) in [5, 5.41) is 0. The Bertz CT molecular complexity index is 338. The van der Waals surface area contributed by atoms with E-state index in [9.17, 15) is 9.36 Å². The minimum atomic E-state index is -3.04. The molecular formula is C11H19O4P. The maximum absolute atomic E-state index is 12.0. The molecule has 0 aromatic rings. The van der Waals surface area contributed by atoms with Gasteiger partial charge in [0, 0.05) is 20.6 Å². The molecular weight excluding hydrogens is 227 g/mol. The summed E-state index contributed by atoms with van der Waals surface area (Å²) in [4.78, 5) is 11.7. The van der Waals surface area contributed by atoms with Gasteiger partial charge in [0.05, 0.1) is 6.16 Å². The first-order valence-electron chi connectivity index (χ1n) is 5.51. The van der Waals surface area contributed by atoms with Crippen LogP contribution < -0.4 is 0 Å². The summed E-state index contributed by atoms with van der Waals surface area (Å²) in [6, 6.07) is 0. The highest BCUT2D eigenvalue weighted by Gasteiger charge is 2.28. The molecule has 0 saturated carbocycles. The first-order chi connectivity index (χ1) is 7.56. The van der Waals surface area contributed by atoms with Gasteiger partial charge in [0.25, 0.3) is 0 Å². The Morgan fingerprint density at radius 2 is 1.88 bits per heavy atom. The molecule has 0 atom stereocenters. The monoisotopic (exact) mass is 246 g/mol. The highest BCUT2D eigenvalue weighted by atomic mass is 31.2. The topological polar surface area (TPSA) is 52.6 Å². The summed E-state index contributed by atoms with van der Waals surface area (Å²) in [6.07, 6.45) is 3.21. The molecule has 4 nitrogen and oxygen atoms in total. The SMILES string of the molecule is CCC1=C(CP(=O)(OC)OC)CCCC1=O. The minimum Gasteiger partial charge on any atom is -0.312 e. The predicted molar refractivity (Wildman–Crippen MR) is 62.7 cm³/mol. The Morgan fingerprint density at radius 3 is 2.38 bits per heavy atom.